The molecular formula is C9H18O4. The molecule has 0 aliphatic heterocycles. The van der Waals surface area contributed by atoms with Gasteiger partial charge in [-0.25, -0.2) is 0 Å². The summed E-state index contributed by atoms with van der Waals surface area (Å²) in [6, 6.07) is 0. The fourth-order valence-corrected chi connectivity index (χ4v) is 0.844. The Hall–Kier alpha value is -0.610. The molecule has 0 aliphatic rings. The Bertz CT molecular complexity index is 134. The first kappa shape index (κ1) is 12.4. The second-order valence-corrected chi connectivity index (χ2v) is 3.07. The number of aliphatic hydroxyl groups is 2. The maximum absolute atomic E-state index is 10.9. The van der Waals surface area contributed by atoms with E-state index in [1.54, 1.807) is 6.92 Å². The highest BCUT2D eigenvalue weighted by molar-refractivity contribution is 5.69. The highest BCUT2D eigenvalue weighted by Gasteiger charge is 2.03. The number of hydrogen-bond donors (Lipinski definition) is 2. The predicted molar refractivity (Wildman–Crippen MR) is 48.2 cm³/mol. The molecule has 0 heterocycles. The smallest absolute Gasteiger partial charge is 0.305 e. The van der Waals surface area contributed by atoms with E-state index in [0.29, 0.717) is 6.42 Å². The molecule has 0 rings (SSSR count). The fraction of sp³-hybridized carbons (Fsp3) is 0.889. The number of esters is 1. The van der Waals surface area contributed by atoms with Gasteiger partial charge in [-0.15, -0.1) is 0 Å². The highest BCUT2D eigenvalue weighted by atomic mass is 16.5. The molecule has 0 aromatic rings. The second-order valence-electron chi connectivity index (χ2n) is 3.07. The Balaban J connectivity index is 3.20. The quantitative estimate of drug-likeness (QED) is 0.452. The number of carbonyl (C=O) groups is 1. The number of carbonyl (C=O) groups excluding carboxylic acids is 1. The number of rotatable bonds is 7. The molecule has 0 fully saturated rings. The van der Waals surface area contributed by atoms with E-state index in [9.17, 15) is 4.79 Å². The summed E-state index contributed by atoms with van der Waals surface area (Å²) in [4.78, 5) is 10.9. The summed E-state index contributed by atoms with van der Waals surface area (Å²) in [6.07, 6.45) is 2.07. The molecule has 4 nitrogen and oxygen atoms in total. The van der Waals surface area contributed by atoms with Gasteiger partial charge in [0.05, 0.1) is 6.10 Å². The maximum atomic E-state index is 10.9. The van der Waals surface area contributed by atoms with Gasteiger partial charge in [-0.2, -0.15) is 0 Å². The number of hydrogen-bond acceptors (Lipinski definition) is 4. The van der Waals surface area contributed by atoms with Gasteiger partial charge >= 0.3 is 5.97 Å². The Labute approximate surface area is 78.5 Å². The zero-order chi connectivity index (χ0) is 10.1. The summed E-state index contributed by atoms with van der Waals surface area (Å²) >= 11 is 0. The van der Waals surface area contributed by atoms with E-state index in [2.05, 4.69) is 0 Å². The molecular weight excluding hydrogens is 172 g/mol. The molecule has 0 bridgehead atoms. The van der Waals surface area contributed by atoms with Crippen LogP contribution in [0.1, 0.15) is 32.6 Å². The molecule has 78 valence electrons. The van der Waals surface area contributed by atoms with Gasteiger partial charge in [0.25, 0.3) is 0 Å². The summed E-state index contributed by atoms with van der Waals surface area (Å²) < 4.78 is 4.73. The van der Waals surface area contributed by atoms with Crippen LogP contribution in [-0.2, 0) is 9.53 Å². The first-order chi connectivity index (χ1) is 6.16. The summed E-state index contributed by atoms with van der Waals surface area (Å²) in [6.45, 7) is 1.81. The molecule has 0 amide bonds. The molecule has 0 spiro atoms. The van der Waals surface area contributed by atoms with Crippen molar-refractivity contribution in [3.8, 4) is 0 Å². The van der Waals surface area contributed by atoms with Crippen molar-refractivity contribution in [1.82, 2.24) is 0 Å². The number of unbranched alkanes of at least 4 members (excludes halogenated alkanes) is 2. The van der Waals surface area contributed by atoms with Gasteiger partial charge in [0.15, 0.2) is 0 Å². The largest absolute Gasteiger partial charge is 0.463 e. The maximum Gasteiger partial charge on any atom is 0.305 e. The van der Waals surface area contributed by atoms with E-state index in [1.807, 2.05) is 0 Å². The molecule has 0 aromatic carbocycles. The molecule has 1 atom stereocenters. The van der Waals surface area contributed by atoms with Gasteiger partial charge in [0.1, 0.15) is 6.61 Å². The van der Waals surface area contributed by atoms with E-state index in [-0.39, 0.29) is 19.2 Å². The Morgan fingerprint density at radius 2 is 2.08 bits per heavy atom. The van der Waals surface area contributed by atoms with Crippen molar-refractivity contribution < 1.29 is 19.7 Å². The van der Waals surface area contributed by atoms with Gasteiger partial charge in [0, 0.05) is 13.0 Å². The lowest BCUT2D eigenvalue weighted by molar-refractivity contribution is -0.146. The monoisotopic (exact) mass is 190 g/mol. The van der Waals surface area contributed by atoms with Crippen molar-refractivity contribution in [3.05, 3.63) is 0 Å². The molecule has 13 heavy (non-hydrogen) atoms. The summed E-state index contributed by atoms with van der Waals surface area (Å²) in [5.41, 5.74) is 0. The first-order valence-corrected chi connectivity index (χ1v) is 4.61. The zero-order valence-electron chi connectivity index (χ0n) is 8.03. The van der Waals surface area contributed by atoms with E-state index < -0.39 is 6.10 Å². The Kier molecular flexibility index (Phi) is 7.63. The van der Waals surface area contributed by atoms with Crippen LogP contribution in [0.5, 0.6) is 0 Å². The minimum atomic E-state index is -0.596. The lowest BCUT2D eigenvalue weighted by Crippen LogP contribution is -2.14. The normalized spacial score (nSPS) is 12.5. The van der Waals surface area contributed by atoms with Crippen LogP contribution in [0.15, 0.2) is 0 Å². The summed E-state index contributed by atoms with van der Waals surface area (Å²) in [5, 5.41) is 17.3. The van der Waals surface area contributed by atoms with Crippen LogP contribution in [0, 0.1) is 0 Å². The van der Waals surface area contributed by atoms with Gasteiger partial charge < -0.3 is 14.9 Å². The number of ether oxygens (including phenoxy) is 1. The van der Waals surface area contributed by atoms with Crippen LogP contribution in [0.3, 0.4) is 0 Å². The van der Waals surface area contributed by atoms with E-state index in [1.165, 1.54) is 0 Å². The molecule has 4 heteroatoms. The molecule has 0 radical (unpaired) electrons. The molecule has 0 saturated heterocycles. The fourth-order valence-electron chi connectivity index (χ4n) is 0.844. The van der Waals surface area contributed by atoms with Gasteiger partial charge in [-0.3, -0.25) is 4.79 Å². The standard InChI is InChI=1S/C9H18O4/c1-8(11)7-13-9(12)5-3-2-4-6-10/h8,10-11H,2-7H2,1H3. The average Bonchev–Trinajstić information content (AvgIpc) is 2.09. The minimum Gasteiger partial charge on any atom is -0.463 e. The SMILES string of the molecule is CC(O)COC(=O)CCCCCO. The van der Waals surface area contributed by atoms with Gasteiger partial charge in [-0.05, 0) is 19.8 Å². The predicted octanol–water partition coefficient (Wildman–Crippen LogP) is 0.463. The number of aliphatic hydroxyl groups excluding tert-OH is 2. The average molecular weight is 190 g/mol. The second kappa shape index (κ2) is 8.01. The lowest BCUT2D eigenvalue weighted by Gasteiger charge is -2.05. The first-order valence-electron chi connectivity index (χ1n) is 4.61. The molecule has 0 aromatic heterocycles. The molecule has 0 aliphatic carbocycles. The van der Waals surface area contributed by atoms with E-state index in [0.717, 1.165) is 19.3 Å². The van der Waals surface area contributed by atoms with E-state index >= 15 is 0 Å². The van der Waals surface area contributed by atoms with Crippen LogP contribution in [0.4, 0.5) is 0 Å². The van der Waals surface area contributed by atoms with Crippen molar-refractivity contribution in [1.29, 1.82) is 0 Å². The van der Waals surface area contributed by atoms with Crippen molar-refractivity contribution in [3.63, 3.8) is 0 Å². The van der Waals surface area contributed by atoms with Crippen LogP contribution >= 0.6 is 0 Å². The Morgan fingerprint density at radius 3 is 2.62 bits per heavy atom. The topological polar surface area (TPSA) is 66.8 Å². The minimum absolute atomic E-state index is 0.0683. The molecule has 2 N–H and O–H groups in total. The highest BCUT2D eigenvalue weighted by Crippen LogP contribution is 2.00. The van der Waals surface area contributed by atoms with Gasteiger partial charge in [-0.1, -0.05) is 6.42 Å². The van der Waals surface area contributed by atoms with Crippen LogP contribution < -0.4 is 0 Å². The molecule has 1 unspecified atom stereocenters. The van der Waals surface area contributed by atoms with Gasteiger partial charge in [0.2, 0.25) is 0 Å². The lowest BCUT2D eigenvalue weighted by atomic mass is 10.2. The Morgan fingerprint density at radius 1 is 1.38 bits per heavy atom. The zero-order valence-corrected chi connectivity index (χ0v) is 8.03. The van der Waals surface area contributed by atoms with Crippen LogP contribution in [0.25, 0.3) is 0 Å². The van der Waals surface area contributed by atoms with E-state index in [4.69, 9.17) is 14.9 Å². The third kappa shape index (κ3) is 9.30. The molecule has 0 saturated carbocycles. The third-order valence-corrected chi connectivity index (χ3v) is 1.52. The van der Waals surface area contributed by atoms with Crippen LogP contribution in [-0.4, -0.2) is 35.5 Å². The summed E-state index contributed by atoms with van der Waals surface area (Å²) in [7, 11) is 0. The summed E-state index contributed by atoms with van der Waals surface area (Å²) in [5.74, 6) is -0.279. The van der Waals surface area contributed by atoms with Crippen molar-refractivity contribution in [2.45, 2.75) is 38.7 Å². The van der Waals surface area contributed by atoms with Crippen LogP contribution in [0.2, 0.25) is 0 Å². The third-order valence-electron chi connectivity index (χ3n) is 1.52. The van der Waals surface area contributed by atoms with Crippen molar-refractivity contribution in [2.75, 3.05) is 13.2 Å². The van der Waals surface area contributed by atoms with Crippen molar-refractivity contribution in [2.24, 2.45) is 0 Å². The van der Waals surface area contributed by atoms with Crippen molar-refractivity contribution >= 4 is 5.97 Å².